The molecule has 5 heteroatoms. The van der Waals surface area contributed by atoms with Gasteiger partial charge in [0, 0.05) is 18.8 Å². The Balaban J connectivity index is 1.99. The largest absolute Gasteiger partial charge is 0.478 e. The van der Waals surface area contributed by atoms with Crippen LogP contribution in [-0.4, -0.2) is 33.3 Å². The standard InChI is InChI=1S/C13H18N2O3/c16-12-6-2-1-5-10(12)15-8-11-9(13(17)18)4-3-7-14-11/h3-4,7,10,12,15-16H,1-2,5-6,8H2,(H,17,18). The van der Waals surface area contributed by atoms with Gasteiger partial charge in [-0.2, -0.15) is 0 Å². The van der Waals surface area contributed by atoms with Gasteiger partial charge in [0.05, 0.1) is 17.4 Å². The number of aromatic carboxylic acids is 1. The lowest BCUT2D eigenvalue weighted by atomic mass is 9.92. The van der Waals surface area contributed by atoms with E-state index in [9.17, 15) is 9.90 Å². The highest BCUT2D eigenvalue weighted by Crippen LogP contribution is 2.18. The van der Waals surface area contributed by atoms with Crippen LogP contribution in [0.25, 0.3) is 0 Å². The van der Waals surface area contributed by atoms with Gasteiger partial charge in [0.2, 0.25) is 0 Å². The number of hydrogen-bond donors (Lipinski definition) is 3. The van der Waals surface area contributed by atoms with E-state index in [1.165, 1.54) is 0 Å². The first-order valence-electron chi connectivity index (χ1n) is 6.27. The Kier molecular flexibility index (Phi) is 4.28. The maximum Gasteiger partial charge on any atom is 0.337 e. The summed E-state index contributed by atoms with van der Waals surface area (Å²) in [4.78, 5) is 15.1. The normalized spacial score (nSPS) is 23.8. The summed E-state index contributed by atoms with van der Waals surface area (Å²) < 4.78 is 0. The first-order chi connectivity index (χ1) is 8.68. The molecule has 1 fully saturated rings. The summed E-state index contributed by atoms with van der Waals surface area (Å²) >= 11 is 0. The molecular formula is C13H18N2O3. The Morgan fingerprint density at radius 1 is 1.44 bits per heavy atom. The molecule has 3 N–H and O–H groups in total. The van der Waals surface area contributed by atoms with E-state index in [0.29, 0.717) is 12.2 Å². The quantitative estimate of drug-likeness (QED) is 0.747. The molecule has 1 heterocycles. The van der Waals surface area contributed by atoms with Crippen LogP contribution in [0.15, 0.2) is 18.3 Å². The van der Waals surface area contributed by atoms with E-state index >= 15 is 0 Å². The van der Waals surface area contributed by atoms with E-state index in [1.54, 1.807) is 18.3 Å². The fraction of sp³-hybridized carbons (Fsp3) is 0.538. The van der Waals surface area contributed by atoms with Crippen molar-refractivity contribution in [3.63, 3.8) is 0 Å². The number of aromatic nitrogens is 1. The molecule has 0 radical (unpaired) electrons. The molecule has 5 nitrogen and oxygen atoms in total. The molecule has 18 heavy (non-hydrogen) atoms. The van der Waals surface area contributed by atoms with Crippen molar-refractivity contribution in [2.75, 3.05) is 0 Å². The number of rotatable bonds is 4. The number of nitrogens with one attached hydrogen (secondary N) is 1. The topological polar surface area (TPSA) is 82.5 Å². The van der Waals surface area contributed by atoms with Gasteiger partial charge in [0.15, 0.2) is 0 Å². The summed E-state index contributed by atoms with van der Waals surface area (Å²) in [6, 6.07) is 3.20. The molecule has 2 atom stereocenters. The molecule has 0 saturated heterocycles. The number of hydrogen-bond acceptors (Lipinski definition) is 4. The third-order valence-corrected chi connectivity index (χ3v) is 3.38. The van der Waals surface area contributed by atoms with Crippen LogP contribution in [0.5, 0.6) is 0 Å². The Hall–Kier alpha value is -1.46. The van der Waals surface area contributed by atoms with Crippen LogP contribution in [0, 0.1) is 0 Å². The van der Waals surface area contributed by atoms with Gasteiger partial charge in [-0.3, -0.25) is 4.98 Å². The molecule has 2 unspecified atom stereocenters. The van der Waals surface area contributed by atoms with Crippen LogP contribution in [0.2, 0.25) is 0 Å². The second kappa shape index (κ2) is 5.93. The summed E-state index contributed by atoms with van der Waals surface area (Å²) in [6.07, 6.45) is 5.14. The van der Waals surface area contributed by atoms with Crippen molar-refractivity contribution < 1.29 is 15.0 Å². The number of carboxylic acids is 1. The minimum absolute atomic E-state index is 0.0439. The van der Waals surface area contributed by atoms with Gasteiger partial charge in [-0.1, -0.05) is 12.8 Å². The lowest BCUT2D eigenvalue weighted by Crippen LogP contribution is -2.41. The van der Waals surface area contributed by atoms with E-state index < -0.39 is 5.97 Å². The molecule has 1 aliphatic rings. The highest BCUT2D eigenvalue weighted by Gasteiger charge is 2.23. The molecular weight excluding hydrogens is 232 g/mol. The number of aliphatic hydroxyl groups is 1. The molecule has 98 valence electrons. The van der Waals surface area contributed by atoms with Gasteiger partial charge in [0.1, 0.15) is 0 Å². The smallest absolute Gasteiger partial charge is 0.337 e. The highest BCUT2D eigenvalue weighted by atomic mass is 16.4. The third-order valence-electron chi connectivity index (χ3n) is 3.38. The van der Waals surface area contributed by atoms with Crippen LogP contribution in [0.1, 0.15) is 41.7 Å². The lowest BCUT2D eigenvalue weighted by molar-refractivity contribution is 0.0694. The van der Waals surface area contributed by atoms with Crippen molar-refractivity contribution in [2.45, 2.75) is 44.4 Å². The minimum Gasteiger partial charge on any atom is -0.478 e. The minimum atomic E-state index is -0.968. The van der Waals surface area contributed by atoms with E-state index in [0.717, 1.165) is 25.7 Å². The molecule has 0 aromatic carbocycles. The summed E-state index contributed by atoms with van der Waals surface area (Å²) in [5.41, 5.74) is 0.734. The number of carbonyl (C=O) groups is 1. The molecule has 1 saturated carbocycles. The second-order valence-corrected chi connectivity index (χ2v) is 4.64. The molecule has 0 spiro atoms. The highest BCUT2D eigenvalue weighted by molar-refractivity contribution is 5.88. The van der Waals surface area contributed by atoms with Crippen LogP contribution in [0.4, 0.5) is 0 Å². The van der Waals surface area contributed by atoms with Crippen molar-refractivity contribution in [1.82, 2.24) is 10.3 Å². The van der Waals surface area contributed by atoms with Crippen LogP contribution in [0.3, 0.4) is 0 Å². The number of nitrogens with zero attached hydrogens (tertiary/aromatic N) is 1. The molecule has 0 bridgehead atoms. The summed E-state index contributed by atoms with van der Waals surface area (Å²) in [6.45, 7) is 0.379. The maximum atomic E-state index is 11.0. The van der Waals surface area contributed by atoms with E-state index in [4.69, 9.17) is 5.11 Å². The molecule has 1 aliphatic carbocycles. The SMILES string of the molecule is O=C(O)c1cccnc1CNC1CCCCC1O. The summed E-state index contributed by atoms with van der Waals surface area (Å²) in [5.74, 6) is -0.968. The van der Waals surface area contributed by atoms with Gasteiger partial charge in [-0.05, 0) is 25.0 Å². The number of pyridine rings is 1. The van der Waals surface area contributed by atoms with Crippen molar-refractivity contribution >= 4 is 5.97 Å². The predicted molar refractivity (Wildman–Crippen MR) is 66.3 cm³/mol. The van der Waals surface area contributed by atoms with Crippen LogP contribution >= 0.6 is 0 Å². The Labute approximate surface area is 106 Å². The molecule has 0 aliphatic heterocycles. The Morgan fingerprint density at radius 2 is 2.22 bits per heavy atom. The van der Waals surface area contributed by atoms with Gasteiger partial charge in [-0.15, -0.1) is 0 Å². The Morgan fingerprint density at radius 3 is 2.94 bits per heavy atom. The average molecular weight is 250 g/mol. The maximum absolute atomic E-state index is 11.0. The van der Waals surface area contributed by atoms with Crippen LogP contribution in [-0.2, 0) is 6.54 Å². The zero-order valence-corrected chi connectivity index (χ0v) is 10.2. The van der Waals surface area contributed by atoms with Crippen molar-refractivity contribution in [3.05, 3.63) is 29.6 Å². The lowest BCUT2D eigenvalue weighted by Gasteiger charge is -2.28. The van der Waals surface area contributed by atoms with Gasteiger partial charge >= 0.3 is 5.97 Å². The van der Waals surface area contributed by atoms with Crippen molar-refractivity contribution in [2.24, 2.45) is 0 Å². The second-order valence-electron chi connectivity index (χ2n) is 4.64. The molecule has 1 aromatic heterocycles. The third kappa shape index (κ3) is 3.05. The predicted octanol–water partition coefficient (Wildman–Crippen LogP) is 1.17. The van der Waals surface area contributed by atoms with E-state index in [2.05, 4.69) is 10.3 Å². The zero-order chi connectivity index (χ0) is 13.0. The monoisotopic (exact) mass is 250 g/mol. The molecule has 2 rings (SSSR count). The summed E-state index contributed by atoms with van der Waals surface area (Å²) in [5, 5.41) is 22.1. The van der Waals surface area contributed by atoms with Crippen LogP contribution < -0.4 is 5.32 Å². The molecule has 1 aromatic rings. The van der Waals surface area contributed by atoms with Gasteiger partial charge < -0.3 is 15.5 Å². The van der Waals surface area contributed by atoms with E-state index in [1.807, 2.05) is 0 Å². The fourth-order valence-electron chi connectivity index (χ4n) is 2.35. The van der Waals surface area contributed by atoms with Crippen molar-refractivity contribution in [3.8, 4) is 0 Å². The first kappa shape index (κ1) is 13.0. The Bertz CT molecular complexity index is 422. The fourth-order valence-corrected chi connectivity index (χ4v) is 2.35. The van der Waals surface area contributed by atoms with Crippen molar-refractivity contribution in [1.29, 1.82) is 0 Å². The number of carboxylic acid groups (broad SMARTS) is 1. The van der Waals surface area contributed by atoms with Gasteiger partial charge in [-0.25, -0.2) is 4.79 Å². The molecule has 0 amide bonds. The van der Waals surface area contributed by atoms with E-state index in [-0.39, 0.29) is 17.7 Å². The van der Waals surface area contributed by atoms with Gasteiger partial charge in [0.25, 0.3) is 0 Å². The average Bonchev–Trinajstić information content (AvgIpc) is 2.38. The summed E-state index contributed by atoms with van der Waals surface area (Å²) in [7, 11) is 0. The first-order valence-corrected chi connectivity index (χ1v) is 6.27. The zero-order valence-electron chi connectivity index (χ0n) is 10.2. The number of aliphatic hydroxyl groups excluding tert-OH is 1.